The summed E-state index contributed by atoms with van der Waals surface area (Å²) in [5, 5.41) is 11.7. The standard InChI is InChI=1S/C13H17BrN2O3/c1-4-11(12(17)18)16(3)13(19)15-10-7-8(2)5-6-9(10)14/h5-7,11H,4H2,1-3H3,(H,15,19)(H,17,18). The summed E-state index contributed by atoms with van der Waals surface area (Å²) < 4.78 is 0.753. The highest BCUT2D eigenvalue weighted by atomic mass is 79.9. The molecule has 6 heteroatoms. The van der Waals surface area contributed by atoms with E-state index in [1.807, 2.05) is 25.1 Å². The van der Waals surface area contributed by atoms with Crippen LogP contribution >= 0.6 is 15.9 Å². The molecule has 0 aromatic heterocycles. The first-order valence-corrected chi connectivity index (χ1v) is 6.68. The Kier molecular flexibility index (Phi) is 5.35. The Balaban J connectivity index is 2.84. The fraction of sp³-hybridized carbons (Fsp3) is 0.385. The zero-order valence-electron chi connectivity index (χ0n) is 11.1. The first-order chi connectivity index (χ1) is 8.86. The largest absolute Gasteiger partial charge is 0.480 e. The van der Waals surface area contributed by atoms with Crippen LogP contribution < -0.4 is 5.32 Å². The molecule has 19 heavy (non-hydrogen) atoms. The highest BCUT2D eigenvalue weighted by Crippen LogP contribution is 2.23. The number of likely N-dealkylation sites (N-methyl/N-ethyl adjacent to an activating group) is 1. The molecule has 2 N–H and O–H groups in total. The first kappa shape index (κ1) is 15.5. The maximum absolute atomic E-state index is 12.0. The fourth-order valence-corrected chi connectivity index (χ4v) is 2.04. The summed E-state index contributed by atoms with van der Waals surface area (Å²) >= 11 is 3.34. The number of nitrogens with one attached hydrogen (secondary N) is 1. The number of carboxylic acid groups (broad SMARTS) is 1. The van der Waals surface area contributed by atoms with Crippen LogP contribution in [-0.2, 0) is 4.79 Å². The van der Waals surface area contributed by atoms with Crippen LogP contribution in [0.5, 0.6) is 0 Å². The quantitative estimate of drug-likeness (QED) is 0.892. The van der Waals surface area contributed by atoms with Gasteiger partial charge in [0, 0.05) is 11.5 Å². The van der Waals surface area contributed by atoms with Crippen molar-refractivity contribution >= 4 is 33.6 Å². The van der Waals surface area contributed by atoms with E-state index in [9.17, 15) is 9.59 Å². The summed E-state index contributed by atoms with van der Waals surface area (Å²) in [5.74, 6) is -1.01. The van der Waals surface area contributed by atoms with Crippen LogP contribution in [0.2, 0.25) is 0 Å². The monoisotopic (exact) mass is 328 g/mol. The number of benzene rings is 1. The molecule has 0 spiro atoms. The molecule has 0 bridgehead atoms. The predicted octanol–water partition coefficient (Wildman–Crippen LogP) is 3.08. The molecule has 1 atom stereocenters. The van der Waals surface area contributed by atoms with Gasteiger partial charge in [0.1, 0.15) is 6.04 Å². The normalized spacial score (nSPS) is 11.8. The number of halogens is 1. The Bertz CT molecular complexity index is 491. The highest BCUT2D eigenvalue weighted by molar-refractivity contribution is 9.10. The smallest absolute Gasteiger partial charge is 0.326 e. The lowest BCUT2D eigenvalue weighted by atomic mass is 10.2. The van der Waals surface area contributed by atoms with Crippen LogP contribution in [-0.4, -0.2) is 35.1 Å². The van der Waals surface area contributed by atoms with Gasteiger partial charge in [-0.1, -0.05) is 13.0 Å². The van der Waals surface area contributed by atoms with Crippen molar-refractivity contribution in [3.8, 4) is 0 Å². The minimum absolute atomic E-state index is 0.355. The number of urea groups is 1. The lowest BCUT2D eigenvalue weighted by Gasteiger charge is -2.24. The van der Waals surface area contributed by atoms with E-state index in [4.69, 9.17) is 5.11 Å². The van der Waals surface area contributed by atoms with E-state index >= 15 is 0 Å². The molecule has 0 saturated carbocycles. The van der Waals surface area contributed by atoms with E-state index in [1.165, 1.54) is 11.9 Å². The van der Waals surface area contributed by atoms with Gasteiger partial charge in [0.2, 0.25) is 0 Å². The predicted molar refractivity (Wildman–Crippen MR) is 77.4 cm³/mol. The topological polar surface area (TPSA) is 69.6 Å². The number of amides is 2. The lowest BCUT2D eigenvalue weighted by molar-refractivity contribution is -0.141. The molecule has 1 aromatic rings. The van der Waals surface area contributed by atoms with Crippen LogP contribution in [0.15, 0.2) is 22.7 Å². The van der Waals surface area contributed by atoms with Gasteiger partial charge >= 0.3 is 12.0 Å². The number of hydrogen-bond donors (Lipinski definition) is 2. The number of hydrogen-bond acceptors (Lipinski definition) is 2. The molecular weight excluding hydrogens is 312 g/mol. The molecule has 1 unspecified atom stereocenters. The van der Waals surface area contributed by atoms with Crippen molar-refractivity contribution in [2.45, 2.75) is 26.3 Å². The van der Waals surface area contributed by atoms with Crippen molar-refractivity contribution in [2.24, 2.45) is 0 Å². The molecule has 104 valence electrons. The summed E-state index contributed by atoms with van der Waals surface area (Å²) in [7, 11) is 1.47. The summed E-state index contributed by atoms with van der Waals surface area (Å²) in [6, 6.07) is 4.29. The maximum atomic E-state index is 12.0. The van der Waals surface area contributed by atoms with Crippen molar-refractivity contribution in [3.05, 3.63) is 28.2 Å². The Labute approximate surface area is 120 Å². The third-order valence-corrected chi connectivity index (χ3v) is 3.51. The van der Waals surface area contributed by atoms with Gasteiger partial charge in [0.15, 0.2) is 0 Å². The van der Waals surface area contributed by atoms with Crippen LogP contribution in [0.4, 0.5) is 10.5 Å². The second kappa shape index (κ2) is 6.56. The molecular formula is C13H17BrN2O3. The molecule has 0 heterocycles. The van der Waals surface area contributed by atoms with Gasteiger partial charge in [-0.05, 0) is 47.0 Å². The number of aliphatic carboxylic acids is 1. The van der Waals surface area contributed by atoms with Crippen LogP contribution in [0, 0.1) is 6.92 Å². The van der Waals surface area contributed by atoms with Crippen LogP contribution in [0.1, 0.15) is 18.9 Å². The molecule has 5 nitrogen and oxygen atoms in total. The van der Waals surface area contributed by atoms with E-state index in [2.05, 4.69) is 21.2 Å². The van der Waals surface area contributed by atoms with Gasteiger partial charge in [-0.2, -0.15) is 0 Å². The molecule has 1 rings (SSSR count). The van der Waals surface area contributed by atoms with E-state index in [0.717, 1.165) is 10.0 Å². The first-order valence-electron chi connectivity index (χ1n) is 5.89. The maximum Gasteiger partial charge on any atom is 0.326 e. The van der Waals surface area contributed by atoms with Crippen molar-refractivity contribution in [2.75, 3.05) is 12.4 Å². The Morgan fingerprint density at radius 1 is 1.47 bits per heavy atom. The Morgan fingerprint density at radius 2 is 2.11 bits per heavy atom. The minimum Gasteiger partial charge on any atom is -0.480 e. The molecule has 1 aromatic carbocycles. The highest BCUT2D eigenvalue weighted by Gasteiger charge is 2.24. The van der Waals surface area contributed by atoms with Gasteiger partial charge in [0.25, 0.3) is 0 Å². The number of carbonyl (C=O) groups excluding carboxylic acids is 1. The number of rotatable bonds is 4. The molecule has 0 fully saturated rings. The Morgan fingerprint density at radius 3 is 2.63 bits per heavy atom. The SMILES string of the molecule is CCC(C(=O)O)N(C)C(=O)Nc1cc(C)ccc1Br. The molecule has 0 radical (unpaired) electrons. The van der Waals surface area contributed by atoms with Gasteiger partial charge in [-0.3, -0.25) is 0 Å². The summed E-state index contributed by atoms with van der Waals surface area (Å²) in [6.07, 6.45) is 0.355. The van der Waals surface area contributed by atoms with E-state index in [0.29, 0.717) is 12.1 Å². The summed E-state index contributed by atoms with van der Waals surface area (Å²) in [5.41, 5.74) is 1.63. The van der Waals surface area contributed by atoms with Gasteiger partial charge in [-0.25, -0.2) is 9.59 Å². The minimum atomic E-state index is -1.01. The van der Waals surface area contributed by atoms with E-state index in [-0.39, 0.29) is 0 Å². The lowest BCUT2D eigenvalue weighted by Crippen LogP contribution is -2.44. The number of carbonyl (C=O) groups is 2. The Hall–Kier alpha value is -1.56. The van der Waals surface area contributed by atoms with Crippen LogP contribution in [0.25, 0.3) is 0 Å². The van der Waals surface area contributed by atoms with E-state index < -0.39 is 18.0 Å². The van der Waals surface area contributed by atoms with Crippen molar-refractivity contribution in [1.29, 1.82) is 0 Å². The number of anilines is 1. The zero-order valence-corrected chi connectivity index (χ0v) is 12.7. The molecule has 0 aliphatic rings. The molecule has 0 aliphatic heterocycles. The van der Waals surface area contributed by atoms with Crippen LogP contribution in [0.3, 0.4) is 0 Å². The second-order valence-electron chi connectivity index (χ2n) is 4.29. The van der Waals surface area contributed by atoms with E-state index in [1.54, 1.807) is 6.92 Å². The number of carboxylic acids is 1. The van der Waals surface area contributed by atoms with Crippen molar-refractivity contribution < 1.29 is 14.7 Å². The number of nitrogens with zero attached hydrogens (tertiary/aromatic N) is 1. The van der Waals surface area contributed by atoms with Gasteiger partial charge in [-0.15, -0.1) is 0 Å². The molecule has 0 aliphatic carbocycles. The molecule has 0 saturated heterocycles. The van der Waals surface area contributed by atoms with Crippen molar-refractivity contribution in [1.82, 2.24) is 4.90 Å². The second-order valence-corrected chi connectivity index (χ2v) is 5.14. The van der Waals surface area contributed by atoms with Gasteiger partial charge < -0.3 is 15.3 Å². The average Bonchev–Trinajstić information content (AvgIpc) is 2.34. The third kappa shape index (κ3) is 3.96. The average molecular weight is 329 g/mol. The summed E-state index contributed by atoms with van der Waals surface area (Å²) in [6.45, 7) is 3.64. The van der Waals surface area contributed by atoms with Crippen molar-refractivity contribution in [3.63, 3.8) is 0 Å². The zero-order chi connectivity index (χ0) is 14.6. The van der Waals surface area contributed by atoms with Gasteiger partial charge in [0.05, 0.1) is 5.69 Å². The third-order valence-electron chi connectivity index (χ3n) is 2.82. The number of aryl methyl sites for hydroxylation is 1. The summed E-state index contributed by atoms with van der Waals surface area (Å²) in [4.78, 5) is 24.2. The molecule has 2 amide bonds. The fourth-order valence-electron chi connectivity index (χ4n) is 1.69.